The third kappa shape index (κ3) is 4.53. The number of anilines is 4. The van der Waals surface area contributed by atoms with Gasteiger partial charge in [0.15, 0.2) is 0 Å². The molecule has 1 aromatic heterocycles. The quantitative estimate of drug-likeness (QED) is 0.523. The molecule has 3 N–H and O–H groups in total. The van der Waals surface area contributed by atoms with E-state index in [9.17, 15) is 9.90 Å². The number of nitrogens with one attached hydrogen (secondary N) is 2. The third-order valence-electron chi connectivity index (χ3n) is 5.98. The number of hydrogen-bond acceptors (Lipinski definition) is 6. The van der Waals surface area contributed by atoms with Crippen LogP contribution in [0.4, 0.5) is 22.7 Å². The van der Waals surface area contributed by atoms with E-state index >= 15 is 0 Å². The molecular weight excluding hydrogens is 402 g/mol. The summed E-state index contributed by atoms with van der Waals surface area (Å²) < 4.78 is 0. The number of benzene rings is 2. The largest absolute Gasteiger partial charge is 0.478 e. The van der Waals surface area contributed by atoms with Crippen molar-refractivity contribution in [1.29, 1.82) is 0 Å². The molecule has 0 radical (unpaired) electrons. The Morgan fingerprint density at radius 1 is 1.09 bits per heavy atom. The Hall–Kier alpha value is -3.58. The lowest BCUT2D eigenvalue weighted by atomic mass is 9.93. The molecule has 0 amide bonds. The minimum Gasteiger partial charge on any atom is -0.478 e. The van der Waals surface area contributed by atoms with Gasteiger partial charge in [0.1, 0.15) is 0 Å². The number of aromatic carboxylic acids is 1. The first-order valence-electron chi connectivity index (χ1n) is 10.7. The summed E-state index contributed by atoms with van der Waals surface area (Å²) in [6, 6.07) is 16.7. The Kier molecular flexibility index (Phi) is 6.28. The lowest BCUT2D eigenvalue weighted by molar-refractivity contribution is 0.0697. The van der Waals surface area contributed by atoms with Crippen LogP contribution < -0.4 is 20.4 Å². The number of fused-ring (bicyclic) bond motifs is 1. The summed E-state index contributed by atoms with van der Waals surface area (Å²) in [5.74, 6) is -0.960. The van der Waals surface area contributed by atoms with Gasteiger partial charge in [-0.3, -0.25) is 4.98 Å². The Bertz CT molecular complexity index is 1100. The highest BCUT2D eigenvalue weighted by atomic mass is 16.4. The molecule has 0 aliphatic carbocycles. The molecule has 7 heteroatoms. The van der Waals surface area contributed by atoms with E-state index in [1.54, 1.807) is 6.20 Å². The van der Waals surface area contributed by atoms with Crippen LogP contribution in [0.25, 0.3) is 0 Å². The van der Waals surface area contributed by atoms with Crippen LogP contribution in [0.1, 0.15) is 27.5 Å². The second-order valence-corrected chi connectivity index (χ2v) is 8.22. The van der Waals surface area contributed by atoms with Crippen molar-refractivity contribution >= 4 is 28.7 Å². The van der Waals surface area contributed by atoms with E-state index in [0.717, 1.165) is 24.3 Å². The summed E-state index contributed by atoms with van der Waals surface area (Å²) in [4.78, 5) is 19.8. The van der Waals surface area contributed by atoms with E-state index in [1.807, 2.05) is 14.1 Å². The van der Waals surface area contributed by atoms with E-state index in [2.05, 4.69) is 74.9 Å². The van der Waals surface area contributed by atoms with Gasteiger partial charge in [0.25, 0.3) is 0 Å². The number of hydrogen-bond donors (Lipinski definition) is 3. The second-order valence-electron chi connectivity index (χ2n) is 8.22. The average molecular weight is 432 g/mol. The van der Waals surface area contributed by atoms with Crippen LogP contribution in [0.3, 0.4) is 0 Å². The highest BCUT2D eigenvalue weighted by molar-refractivity contribution is 5.93. The van der Waals surface area contributed by atoms with Crippen molar-refractivity contribution in [3.05, 3.63) is 77.6 Å². The minimum atomic E-state index is -0.960. The van der Waals surface area contributed by atoms with Crippen LogP contribution in [0.2, 0.25) is 0 Å². The van der Waals surface area contributed by atoms with E-state index in [0.29, 0.717) is 12.2 Å². The first kappa shape index (κ1) is 21.6. The van der Waals surface area contributed by atoms with Crippen LogP contribution in [0, 0.1) is 0 Å². The van der Waals surface area contributed by atoms with E-state index < -0.39 is 5.97 Å². The number of aromatic nitrogens is 1. The highest BCUT2D eigenvalue weighted by Crippen LogP contribution is 2.31. The van der Waals surface area contributed by atoms with Crippen LogP contribution in [0.5, 0.6) is 0 Å². The average Bonchev–Trinajstić information content (AvgIpc) is 2.82. The molecule has 0 fully saturated rings. The molecular formula is C25H29N5O2. The maximum Gasteiger partial charge on any atom is 0.337 e. The van der Waals surface area contributed by atoms with E-state index in [-0.39, 0.29) is 11.6 Å². The number of carbonyl (C=O) groups is 1. The van der Waals surface area contributed by atoms with Crippen LogP contribution >= 0.6 is 0 Å². The van der Waals surface area contributed by atoms with Gasteiger partial charge in [0.2, 0.25) is 0 Å². The molecule has 3 aromatic rings. The Morgan fingerprint density at radius 2 is 1.81 bits per heavy atom. The van der Waals surface area contributed by atoms with Gasteiger partial charge in [-0.2, -0.15) is 0 Å². The summed E-state index contributed by atoms with van der Waals surface area (Å²) in [5, 5.41) is 16.2. The molecule has 1 unspecified atom stereocenters. The number of pyridine rings is 1. The summed E-state index contributed by atoms with van der Waals surface area (Å²) in [7, 11) is 6.17. The molecule has 0 saturated carbocycles. The van der Waals surface area contributed by atoms with Crippen molar-refractivity contribution in [1.82, 2.24) is 10.3 Å². The SMILES string of the molecule is CN(C)c1ccc(N(C)c2ccc3c(c2)CCNC3CNc2cnccc2C(=O)O)cc1. The standard InChI is InChI=1S/C25H29N5O2/c1-29(2)18-4-6-19(7-5-18)30(3)20-8-9-21-17(14-20)10-13-27-24(21)16-28-23-15-26-12-11-22(23)25(31)32/h4-9,11-12,14-15,24,27-28H,10,13,16H2,1-3H3,(H,31,32). The first-order chi connectivity index (χ1) is 15.4. The molecule has 1 aliphatic rings. The number of carboxylic acids is 1. The molecule has 1 aliphatic heterocycles. The fourth-order valence-electron chi connectivity index (χ4n) is 4.09. The zero-order valence-electron chi connectivity index (χ0n) is 18.7. The van der Waals surface area contributed by atoms with Crippen LogP contribution in [-0.4, -0.2) is 50.3 Å². The van der Waals surface area contributed by atoms with Gasteiger partial charge in [-0.15, -0.1) is 0 Å². The van der Waals surface area contributed by atoms with Crippen molar-refractivity contribution in [2.45, 2.75) is 12.5 Å². The van der Waals surface area contributed by atoms with Gasteiger partial charge >= 0.3 is 5.97 Å². The van der Waals surface area contributed by atoms with Crippen molar-refractivity contribution in [2.75, 3.05) is 49.3 Å². The third-order valence-corrected chi connectivity index (χ3v) is 5.98. The number of carboxylic acid groups (broad SMARTS) is 1. The first-order valence-corrected chi connectivity index (χ1v) is 10.7. The molecule has 2 heterocycles. The fraction of sp³-hybridized carbons (Fsp3) is 0.280. The molecule has 0 saturated heterocycles. The lowest BCUT2D eigenvalue weighted by Crippen LogP contribution is -2.34. The lowest BCUT2D eigenvalue weighted by Gasteiger charge is -2.29. The maximum absolute atomic E-state index is 11.5. The molecule has 166 valence electrons. The zero-order valence-corrected chi connectivity index (χ0v) is 18.7. The van der Waals surface area contributed by atoms with Crippen molar-refractivity contribution < 1.29 is 9.90 Å². The predicted octanol–water partition coefficient (Wildman–Crippen LogP) is 3.91. The van der Waals surface area contributed by atoms with E-state index in [4.69, 9.17) is 0 Å². The van der Waals surface area contributed by atoms with E-state index in [1.165, 1.54) is 29.1 Å². The zero-order chi connectivity index (χ0) is 22.7. The fourth-order valence-corrected chi connectivity index (χ4v) is 4.09. The molecule has 0 bridgehead atoms. The normalized spacial score (nSPS) is 15.0. The van der Waals surface area contributed by atoms with Gasteiger partial charge in [-0.1, -0.05) is 6.07 Å². The second kappa shape index (κ2) is 9.28. The minimum absolute atomic E-state index is 0.0966. The molecule has 32 heavy (non-hydrogen) atoms. The predicted molar refractivity (Wildman–Crippen MR) is 129 cm³/mol. The summed E-state index contributed by atoms with van der Waals surface area (Å²) in [6.07, 6.45) is 4.02. The molecule has 7 nitrogen and oxygen atoms in total. The number of rotatable bonds is 7. The molecule has 1 atom stereocenters. The number of nitrogens with zero attached hydrogens (tertiary/aromatic N) is 3. The van der Waals surface area contributed by atoms with Gasteiger partial charge < -0.3 is 25.5 Å². The highest BCUT2D eigenvalue weighted by Gasteiger charge is 2.21. The molecule has 4 rings (SSSR count). The Morgan fingerprint density at radius 3 is 2.53 bits per heavy atom. The van der Waals surface area contributed by atoms with Crippen molar-refractivity contribution in [2.24, 2.45) is 0 Å². The maximum atomic E-state index is 11.5. The van der Waals surface area contributed by atoms with Crippen LogP contribution in [0.15, 0.2) is 60.9 Å². The van der Waals surface area contributed by atoms with Crippen molar-refractivity contribution in [3.8, 4) is 0 Å². The smallest absolute Gasteiger partial charge is 0.337 e. The monoisotopic (exact) mass is 431 g/mol. The van der Waals surface area contributed by atoms with Gasteiger partial charge in [-0.05, 0) is 66.6 Å². The summed E-state index contributed by atoms with van der Waals surface area (Å²) in [5.41, 5.74) is 6.78. The van der Waals surface area contributed by atoms with Gasteiger partial charge in [0, 0.05) is 57.0 Å². The Balaban J connectivity index is 1.51. The summed E-state index contributed by atoms with van der Waals surface area (Å²) in [6.45, 7) is 1.46. The topological polar surface area (TPSA) is 80.7 Å². The van der Waals surface area contributed by atoms with Gasteiger partial charge in [0.05, 0.1) is 17.4 Å². The summed E-state index contributed by atoms with van der Waals surface area (Å²) >= 11 is 0. The van der Waals surface area contributed by atoms with Crippen molar-refractivity contribution in [3.63, 3.8) is 0 Å². The molecule has 2 aromatic carbocycles. The molecule has 0 spiro atoms. The Labute approximate surface area is 188 Å². The van der Waals surface area contributed by atoms with Gasteiger partial charge in [-0.25, -0.2) is 4.79 Å². The van der Waals surface area contributed by atoms with Crippen LogP contribution in [-0.2, 0) is 6.42 Å².